The quantitative estimate of drug-likeness (QED) is 0.294. The van der Waals surface area contributed by atoms with E-state index in [1.54, 1.807) is 4.52 Å². The zero-order chi connectivity index (χ0) is 16.8. The zero-order valence-corrected chi connectivity index (χ0v) is 14.7. The zero-order valence-electron chi connectivity index (χ0n) is 12.6. The van der Waals surface area contributed by atoms with Gasteiger partial charge >= 0.3 is 5.97 Å². The Morgan fingerprint density at radius 1 is 1.43 bits per heavy atom. The van der Waals surface area contributed by atoms with E-state index in [4.69, 9.17) is 0 Å². The molecule has 0 aliphatic rings. The summed E-state index contributed by atoms with van der Waals surface area (Å²) < 4.78 is 7.06. The van der Waals surface area contributed by atoms with Gasteiger partial charge in [0, 0.05) is 11.8 Å². The third-order valence-corrected chi connectivity index (χ3v) is 4.03. The van der Waals surface area contributed by atoms with Gasteiger partial charge < -0.3 is 15.2 Å². The van der Waals surface area contributed by atoms with Crippen molar-refractivity contribution in [3.05, 3.63) is 23.7 Å². The molecule has 2 rings (SSSR count). The first kappa shape index (κ1) is 17.4. The van der Waals surface area contributed by atoms with Crippen molar-refractivity contribution in [3.63, 3.8) is 0 Å². The monoisotopic (exact) mass is 432 g/mol. The fraction of sp³-hybridized carbons (Fsp3) is 0.429. The number of fused-ring (bicyclic) bond motifs is 1. The lowest BCUT2D eigenvalue weighted by molar-refractivity contribution is -0.139. The van der Waals surface area contributed by atoms with Gasteiger partial charge in [-0.2, -0.15) is 5.10 Å². The molecule has 2 aromatic rings. The molecule has 124 valence electrons. The molecular formula is C14H17IN4O4. The number of halogens is 1. The topological polar surface area (TPSA) is 106 Å². The summed E-state index contributed by atoms with van der Waals surface area (Å²) in [6.45, 7) is -0.285. The molecule has 2 heterocycles. The Balaban J connectivity index is 2.29. The molecule has 0 saturated heterocycles. The van der Waals surface area contributed by atoms with Gasteiger partial charge in [0.25, 0.3) is 5.91 Å². The van der Waals surface area contributed by atoms with Crippen LogP contribution in [0.4, 0.5) is 0 Å². The van der Waals surface area contributed by atoms with E-state index in [0.717, 1.165) is 29.4 Å². The first-order valence-corrected chi connectivity index (χ1v) is 8.56. The molecule has 2 aromatic heterocycles. The average Bonchev–Trinajstić information content (AvgIpc) is 3.01. The van der Waals surface area contributed by atoms with E-state index in [1.165, 1.54) is 19.5 Å². The van der Waals surface area contributed by atoms with E-state index in [2.05, 4.69) is 42.7 Å². The van der Waals surface area contributed by atoms with E-state index in [-0.39, 0.29) is 23.5 Å². The predicted octanol–water partition coefficient (Wildman–Crippen LogP) is 1.10. The van der Waals surface area contributed by atoms with Gasteiger partial charge in [0.15, 0.2) is 5.65 Å². The second kappa shape index (κ2) is 8.09. The van der Waals surface area contributed by atoms with Gasteiger partial charge in [-0.15, -0.1) is 0 Å². The maximum absolute atomic E-state index is 12.2. The number of aromatic hydroxyl groups is 1. The van der Waals surface area contributed by atoms with Crippen LogP contribution in [0.1, 0.15) is 28.9 Å². The fourth-order valence-corrected chi connectivity index (χ4v) is 2.68. The van der Waals surface area contributed by atoms with Crippen molar-refractivity contribution in [2.45, 2.75) is 19.3 Å². The van der Waals surface area contributed by atoms with Crippen LogP contribution < -0.4 is 5.32 Å². The lowest BCUT2D eigenvalue weighted by Gasteiger charge is -2.10. The van der Waals surface area contributed by atoms with Crippen molar-refractivity contribution in [1.29, 1.82) is 0 Å². The minimum absolute atomic E-state index is 0.0101. The highest BCUT2D eigenvalue weighted by Gasteiger charge is 2.20. The largest absolute Gasteiger partial charge is 0.507 e. The van der Waals surface area contributed by atoms with Crippen molar-refractivity contribution in [1.82, 2.24) is 19.9 Å². The van der Waals surface area contributed by atoms with E-state index in [9.17, 15) is 14.7 Å². The van der Waals surface area contributed by atoms with Crippen molar-refractivity contribution >= 4 is 40.1 Å². The van der Waals surface area contributed by atoms with Crippen LogP contribution in [-0.4, -0.2) is 49.7 Å². The van der Waals surface area contributed by atoms with Crippen LogP contribution in [0, 0.1) is 0 Å². The van der Waals surface area contributed by atoms with E-state index in [0.29, 0.717) is 0 Å². The smallest absolute Gasteiger partial charge is 0.325 e. The van der Waals surface area contributed by atoms with Crippen LogP contribution in [0.2, 0.25) is 0 Å². The fourth-order valence-electron chi connectivity index (χ4n) is 2.14. The molecule has 0 radical (unpaired) electrons. The Morgan fingerprint density at radius 3 is 2.91 bits per heavy atom. The van der Waals surface area contributed by atoms with Crippen LogP contribution in [0.15, 0.2) is 12.4 Å². The first-order valence-electron chi connectivity index (χ1n) is 7.04. The van der Waals surface area contributed by atoms with Crippen molar-refractivity contribution in [3.8, 4) is 5.75 Å². The summed E-state index contributed by atoms with van der Waals surface area (Å²) in [6, 6.07) is 1.52. The summed E-state index contributed by atoms with van der Waals surface area (Å²) >= 11 is 2.31. The number of nitrogens with one attached hydrogen (secondary N) is 1. The number of hydrogen-bond donors (Lipinski definition) is 2. The number of methoxy groups -OCH3 is 1. The molecule has 0 aromatic carbocycles. The third kappa shape index (κ3) is 4.09. The Hall–Kier alpha value is -1.91. The molecule has 2 N–H and O–H groups in total. The van der Waals surface area contributed by atoms with Gasteiger partial charge in [-0.1, -0.05) is 22.6 Å². The second-order valence-electron chi connectivity index (χ2n) is 4.80. The number of carbonyl (C=O) groups is 2. The lowest BCUT2D eigenvalue weighted by Crippen LogP contribution is -2.30. The van der Waals surface area contributed by atoms with E-state index < -0.39 is 11.9 Å². The van der Waals surface area contributed by atoms with Gasteiger partial charge in [-0.3, -0.25) is 9.59 Å². The maximum Gasteiger partial charge on any atom is 0.325 e. The van der Waals surface area contributed by atoms with Gasteiger partial charge in [-0.25, -0.2) is 9.50 Å². The predicted molar refractivity (Wildman–Crippen MR) is 90.8 cm³/mol. The second-order valence-corrected chi connectivity index (χ2v) is 5.88. The number of nitrogens with zero attached hydrogens (tertiary/aromatic N) is 3. The van der Waals surface area contributed by atoms with E-state index >= 15 is 0 Å². The number of ether oxygens (including phenoxy) is 1. The highest BCUT2D eigenvalue weighted by Crippen LogP contribution is 2.24. The van der Waals surface area contributed by atoms with Gasteiger partial charge in [0.2, 0.25) is 0 Å². The molecule has 0 bridgehead atoms. The highest BCUT2D eigenvalue weighted by molar-refractivity contribution is 14.1. The molecule has 9 heteroatoms. The Labute approximate surface area is 146 Å². The SMILES string of the molecule is COC(=O)CNC(=O)c1c(O)cc(CCCCI)n2ncnc12. The normalized spacial score (nSPS) is 10.7. The number of aryl methyl sites for hydroxylation is 1. The number of hydrogen-bond acceptors (Lipinski definition) is 6. The number of amides is 1. The molecule has 1 amide bonds. The summed E-state index contributed by atoms with van der Waals surface area (Å²) in [5, 5.41) is 16.7. The van der Waals surface area contributed by atoms with Crippen molar-refractivity contribution in [2.24, 2.45) is 0 Å². The minimum Gasteiger partial charge on any atom is -0.507 e. The number of unbranched alkanes of at least 4 members (excludes halogenated alkanes) is 1. The number of alkyl halides is 1. The number of aromatic nitrogens is 3. The molecule has 0 atom stereocenters. The first-order chi connectivity index (χ1) is 11.1. The Kier molecular flexibility index (Phi) is 6.13. The van der Waals surface area contributed by atoms with Crippen LogP contribution in [0.25, 0.3) is 5.65 Å². The molecule has 23 heavy (non-hydrogen) atoms. The Morgan fingerprint density at radius 2 is 2.22 bits per heavy atom. The number of pyridine rings is 1. The number of rotatable bonds is 7. The Bertz CT molecular complexity index is 716. The van der Waals surface area contributed by atoms with Crippen molar-refractivity contribution < 1.29 is 19.4 Å². The molecule has 0 fully saturated rings. The number of carbonyl (C=O) groups excluding carboxylic acids is 2. The highest BCUT2D eigenvalue weighted by atomic mass is 127. The van der Waals surface area contributed by atoms with Gasteiger partial charge in [0.1, 0.15) is 24.2 Å². The van der Waals surface area contributed by atoms with Crippen LogP contribution >= 0.6 is 22.6 Å². The molecule has 0 unspecified atom stereocenters. The molecule has 0 saturated carbocycles. The molecule has 0 spiro atoms. The maximum atomic E-state index is 12.2. The summed E-state index contributed by atoms with van der Waals surface area (Å²) in [7, 11) is 1.23. The van der Waals surface area contributed by atoms with Crippen LogP contribution in [-0.2, 0) is 16.0 Å². The van der Waals surface area contributed by atoms with Gasteiger partial charge in [0.05, 0.1) is 7.11 Å². The van der Waals surface area contributed by atoms with Crippen LogP contribution in [0.5, 0.6) is 5.75 Å². The van der Waals surface area contributed by atoms with E-state index in [1.807, 2.05) is 0 Å². The molecular weight excluding hydrogens is 415 g/mol. The van der Waals surface area contributed by atoms with Gasteiger partial charge in [-0.05, 0) is 23.7 Å². The molecule has 8 nitrogen and oxygen atoms in total. The summed E-state index contributed by atoms with van der Waals surface area (Å²) in [5.74, 6) is -1.37. The summed E-state index contributed by atoms with van der Waals surface area (Å²) in [5.41, 5.74) is 1.03. The van der Waals surface area contributed by atoms with Crippen LogP contribution in [0.3, 0.4) is 0 Å². The third-order valence-electron chi connectivity index (χ3n) is 3.27. The molecule has 0 aliphatic carbocycles. The number of esters is 1. The minimum atomic E-state index is -0.607. The summed E-state index contributed by atoms with van der Waals surface area (Å²) in [4.78, 5) is 27.4. The standard InChI is InChI=1S/C14H17IN4O4/c1-23-11(21)7-16-14(22)12-10(20)6-9(4-2-3-5-15)19-13(12)17-8-18-19/h6,8,20H,2-5,7H2,1H3,(H,16,22). The lowest BCUT2D eigenvalue weighted by atomic mass is 10.1. The average molecular weight is 432 g/mol. The molecule has 0 aliphatic heterocycles. The summed E-state index contributed by atoms with van der Waals surface area (Å²) in [6.07, 6.45) is 4.05. The van der Waals surface area contributed by atoms with Crippen molar-refractivity contribution in [2.75, 3.05) is 18.1 Å².